The van der Waals surface area contributed by atoms with Crippen LogP contribution in [0.5, 0.6) is 0 Å². The number of ether oxygens (including phenoxy) is 5. The highest BCUT2D eigenvalue weighted by Crippen LogP contribution is 1.89. The van der Waals surface area contributed by atoms with Gasteiger partial charge in [0.25, 0.3) is 0 Å². The molecule has 0 bridgehead atoms. The van der Waals surface area contributed by atoms with Gasteiger partial charge in [0, 0.05) is 19.1 Å². The lowest BCUT2D eigenvalue weighted by molar-refractivity contribution is -0.124. The predicted molar refractivity (Wildman–Crippen MR) is 87.6 cm³/mol. The van der Waals surface area contributed by atoms with Crippen molar-refractivity contribution < 1.29 is 28.5 Å². The third kappa shape index (κ3) is 17.5. The number of carbonyl (C=O) groups is 1. The zero-order chi connectivity index (χ0) is 17.2. The van der Waals surface area contributed by atoms with Crippen LogP contribution in [-0.2, 0) is 28.5 Å². The monoisotopic (exact) mass is 335 g/mol. The number of hydrogen-bond acceptors (Lipinski definition) is 6. The third-order valence-corrected chi connectivity index (χ3v) is 2.76. The van der Waals surface area contributed by atoms with Gasteiger partial charge in [-0.25, -0.2) is 0 Å². The van der Waals surface area contributed by atoms with Crippen molar-refractivity contribution in [3.63, 3.8) is 0 Å². The number of nitrogens with one attached hydrogen (secondary N) is 1. The van der Waals surface area contributed by atoms with E-state index in [4.69, 9.17) is 23.7 Å². The summed E-state index contributed by atoms with van der Waals surface area (Å²) in [4.78, 5) is 11.3. The van der Waals surface area contributed by atoms with Gasteiger partial charge in [0.1, 0.15) is 0 Å². The Morgan fingerprint density at radius 1 is 0.739 bits per heavy atom. The summed E-state index contributed by atoms with van der Waals surface area (Å²) in [6.45, 7) is 11.9. The van der Waals surface area contributed by atoms with Crippen molar-refractivity contribution in [3.8, 4) is 0 Å². The third-order valence-electron chi connectivity index (χ3n) is 2.76. The Kier molecular flexibility index (Phi) is 17.1. The Hall–Kier alpha value is -0.730. The molecule has 7 heteroatoms. The Bertz CT molecular complexity index is 263. The summed E-state index contributed by atoms with van der Waals surface area (Å²) in [6.07, 6.45) is 0. The van der Waals surface area contributed by atoms with E-state index in [0.29, 0.717) is 72.6 Å². The van der Waals surface area contributed by atoms with Crippen molar-refractivity contribution in [1.29, 1.82) is 0 Å². The molecule has 1 amide bonds. The highest BCUT2D eigenvalue weighted by Gasteiger charge is 2.04. The second-order valence-corrected chi connectivity index (χ2v) is 5.09. The highest BCUT2D eigenvalue weighted by atomic mass is 16.6. The molecule has 0 aliphatic heterocycles. The molecule has 0 aromatic carbocycles. The first-order valence-electron chi connectivity index (χ1n) is 8.34. The van der Waals surface area contributed by atoms with Gasteiger partial charge in [-0.05, 0) is 6.92 Å². The smallest absolute Gasteiger partial charge is 0.222 e. The average molecular weight is 335 g/mol. The fourth-order valence-electron chi connectivity index (χ4n) is 1.47. The normalized spacial score (nSPS) is 11.1. The summed E-state index contributed by atoms with van der Waals surface area (Å²) < 4.78 is 26.5. The summed E-state index contributed by atoms with van der Waals surface area (Å²) in [7, 11) is 0. The fraction of sp³-hybridized carbons (Fsp3) is 0.938. The lowest BCUT2D eigenvalue weighted by Gasteiger charge is -2.09. The Morgan fingerprint density at radius 2 is 1.13 bits per heavy atom. The van der Waals surface area contributed by atoms with Gasteiger partial charge in [-0.1, -0.05) is 13.8 Å². The van der Waals surface area contributed by atoms with Gasteiger partial charge in [0.05, 0.1) is 59.5 Å². The van der Waals surface area contributed by atoms with E-state index in [1.54, 1.807) is 0 Å². The van der Waals surface area contributed by atoms with Crippen molar-refractivity contribution in [3.05, 3.63) is 0 Å². The van der Waals surface area contributed by atoms with E-state index in [9.17, 15) is 4.79 Å². The first-order valence-corrected chi connectivity index (χ1v) is 8.34. The molecule has 138 valence electrons. The summed E-state index contributed by atoms with van der Waals surface area (Å²) in [6, 6.07) is 0. The minimum absolute atomic E-state index is 0.00778. The number of amides is 1. The van der Waals surface area contributed by atoms with E-state index in [0.717, 1.165) is 0 Å². The van der Waals surface area contributed by atoms with Crippen molar-refractivity contribution in [2.45, 2.75) is 20.8 Å². The molecule has 0 aliphatic rings. The molecular formula is C16H33NO6. The molecular weight excluding hydrogens is 302 g/mol. The van der Waals surface area contributed by atoms with Gasteiger partial charge in [0.15, 0.2) is 0 Å². The van der Waals surface area contributed by atoms with Crippen molar-refractivity contribution in [1.82, 2.24) is 5.32 Å². The number of carbonyl (C=O) groups excluding carboxylic acids is 1. The van der Waals surface area contributed by atoms with Gasteiger partial charge in [-0.3, -0.25) is 4.79 Å². The first kappa shape index (κ1) is 22.3. The van der Waals surface area contributed by atoms with Crippen molar-refractivity contribution in [2.24, 2.45) is 5.92 Å². The topological polar surface area (TPSA) is 75.2 Å². The molecule has 0 fully saturated rings. The molecule has 0 saturated heterocycles. The zero-order valence-corrected chi connectivity index (χ0v) is 14.8. The SMILES string of the molecule is CCOCCOCCOCCOCCOCCNC(=O)C(C)C. The van der Waals surface area contributed by atoms with E-state index in [1.165, 1.54) is 0 Å². The van der Waals surface area contributed by atoms with Crippen LogP contribution in [0.25, 0.3) is 0 Å². The van der Waals surface area contributed by atoms with E-state index < -0.39 is 0 Å². The molecule has 1 N–H and O–H groups in total. The van der Waals surface area contributed by atoms with E-state index >= 15 is 0 Å². The van der Waals surface area contributed by atoms with Crippen LogP contribution in [0.2, 0.25) is 0 Å². The second kappa shape index (κ2) is 17.6. The van der Waals surface area contributed by atoms with E-state index in [1.807, 2.05) is 20.8 Å². The van der Waals surface area contributed by atoms with E-state index in [2.05, 4.69) is 5.32 Å². The van der Waals surface area contributed by atoms with Crippen molar-refractivity contribution in [2.75, 3.05) is 72.6 Å². The van der Waals surface area contributed by atoms with Crippen molar-refractivity contribution >= 4 is 5.91 Å². The molecule has 23 heavy (non-hydrogen) atoms. The maximum atomic E-state index is 11.3. The Balaban J connectivity index is 3.04. The molecule has 0 unspecified atom stereocenters. The quantitative estimate of drug-likeness (QED) is 0.397. The van der Waals surface area contributed by atoms with Crippen LogP contribution < -0.4 is 5.32 Å². The Labute approximate surface area is 139 Å². The van der Waals surface area contributed by atoms with Crippen LogP contribution in [-0.4, -0.2) is 78.5 Å². The molecule has 0 radical (unpaired) electrons. The minimum Gasteiger partial charge on any atom is -0.379 e. The van der Waals surface area contributed by atoms with Crippen LogP contribution in [0.3, 0.4) is 0 Å². The molecule has 0 heterocycles. The minimum atomic E-state index is 0.00778. The molecule has 0 atom stereocenters. The van der Waals surface area contributed by atoms with Gasteiger partial charge in [-0.15, -0.1) is 0 Å². The molecule has 0 aromatic rings. The van der Waals surface area contributed by atoms with Crippen LogP contribution in [0.1, 0.15) is 20.8 Å². The summed E-state index contributed by atoms with van der Waals surface area (Å²) in [5.74, 6) is 0.0530. The largest absolute Gasteiger partial charge is 0.379 e. The zero-order valence-electron chi connectivity index (χ0n) is 14.8. The van der Waals surface area contributed by atoms with Gasteiger partial charge in [-0.2, -0.15) is 0 Å². The maximum absolute atomic E-state index is 11.3. The van der Waals surface area contributed by atoms with Gasteiger partial charge >= 0.3 is 0 Å². The van der Waals surface area contributed by atoms with Crippen LogP contribution in [0.15, 0.2) is 0 Å². The van der Waals surface area contributed by atoms with Crippen LogP contribution >= 0.6 is 0 Å². The Morgan fingerprint density at radius 3 is 1.52 bits per heavy atom. The van der Waals surface area contributed by atoms with E-state index in [-0.39, 0.29) is 11.8 Å². The van der Waals surface area contributed by atoms with Gasteiger partial charge in [0.2, 0.25) is 5.91 Å². The van der Waals surface area contributed by atoms with Gasteiger partial charge < -0.3 is 29.0 Å². The molecule has 0 rings (SSSR count). The fourth-order valence-corrected chi connectivity index (χ4v) is 1.47. The molecule has 0 spiro atoms. The van der Waals surface area contributed by atoms with Crippen LogP contribution in [0, 0.1) is 5.92 Å². The first-order chi connectivity index (χ1) is 11.2. The van der Waals surface area contributed by atoms with Crippen LogP contribution in [0.4, 0.5) is 0 Å². The standard InChI is InChI=1S/C16H33NO6/c1-4-19-7-8-21-11-12-23-14-13-22-10-9-20-6-5-17-16(18)15(2)3/h15H,4-14H2,1-3H3,(H,17,18). The lowest BCUT2D eigenvalue weighted by atomic mass is 10.2. The second-order valence-electron chi connectivity index (χ2n) is 5.09. The summed E-state index contributed by atoms with van der Waals surface area (Å²) in [5.41, 5.74) is 0. The summed E-state index contributed by atoms with van der Waals surface area (Å²) in [5, 5.41) is 2.78. The molecule has 0 saturated carbocycles. The highest BCUT2D eigenvalue weighted by molar-refractivity contribution is 5.77. The summed E-state index contributed by atoms with van der Waals surface area (Å²) >= 11 is 0. The average Bonchev–Trinajstić information content (AvgIpc) is 2.54. The molecule has 7 nitrogen and oxygen atoms in total. The molecule has 0 aromatic heterocycles. The maximum Gasteiger partial charge on any atom is 0.222 e. The molecule has 0 aliphatic carbocycles. The predicted octanol–water partition coefficient (Wildman–Crippen LogP) is 0.862. The lowest BCUT2D eigenvalue weighted by Crippen LogP contribution is -2.31. The number of rotatable bonds is 17. The number of hydrogen-bond donors (Lipinski definition) is 1.